The third-order valence-corrected chi connectivity index (χ3v) is 4.69. The van der Waals surface area contributed by atoms with Gasteiger partial charge in [0.05, 0.1) is 6.10 Å². The van der Waals surface area contributed by atoms with Crippen molar-refractivity contribution in [3.63, 3.8) is 0 Å². The number of aliphatic hydroxyl groups excluding tert-OH is 1. The molecule has 1 aliphatic heterocycles. The highest BCUT2D eigenvalue weighted by Crippen LogP contribution is 2.34. The van der Waals surface area contributed by atoms with Crippen molar-refractivity contribution < 1.29 is 5.11 Å². The van der Waals surface area contributed by atoms with E-state index in [2.05, 4.69) is 23.1 Å². The van der Waals surface area contributed by atoms with E-state index in [1.165, 1.54) is 55.6 Å². The highest BCUT2D eigenvalue weighted by Gasteiger charge is 2.25. The summed E-state index contributed by atoms with van der Waals surface area (Å²) >= 11 is 0. The molecule has 0 radical (unpaired) electrons. The molecule has 19 heavy (non-hydrogen) atoms. The summed E-state index contributed by atoms with van der Waals surface area (Å²) in [6, 6.07) is 6.61. The minimum atomic E-state index is -0.240. The highest BCUT2D eigenvalue weighted by atomic mass is 16.3. The van der Waals surface area contributed by atoms with Crippen molar-refractivity contribution in [3.8, 4) is 0 Å². The van der Waals surface area contributed by atoms with Gasteiger partial charge < -0.3 is 10.0 Å². The Morgan fingerprint density at radius 3 is 2.84 bits per heavy atom. The van der Waals surface area contributed by atoms with Crippen molar-refractivity contribution in [2.24, 2.45) is 5.92 Å². The summed E-state index contributed by atoms with van der Waals surface area (Å²) in [6.45, 7) is 4.29. The standard InChI is InChI=1S/C17H25NO/c1-13(19)11-15-7-4-8-17-16(15)9-10-18(17)12-14-5-2-3-6-14/h4,7-8,13-14,19H,2-3,5-6,9-12H2,1H3. The maximum Gasteiger partial charge on any atom is 0.0552 e. The van der Waals surface area contributed by atoms with E-state index < -0.39 is 0 Å². The van der Waals surface area contributed by atoms with Crippen LogP contribution in [0.1, 0.15) is 43.7 Å². The maximum atomic E-state index is 9.62. The van der Waals surface area contributed by atoms with Gasteiger partial charge in [-0.15, -0.1) is 0 Å². The van der Waals surface area contributed by atoms with Crippen LogP contribution in [0.2, 0.25) is 0 Å². The Morgan fingerprint density at radius 2 is 2.11 bits per heavy atom. The predicted molar refractivity (Wildman–Crippen MR) is 79.7 cm³/mol. The minimum Gasteiger partial charge on any atom is -0.393 e. The van der Waals surface area contributed by atoms with Crippen LogP contribution in [0.3, 0.4) is 0 Å². The topological polar surface area (TPSA) is 23.5 Å². The monoisotopic (exact) mass is 259 g/mol. The van der Waals surface area contributed by atoms with Gasteiger partial charge in [-0.1, -0.05) is 25.0 Å². The Labute approximate surface area is 116 Å². The van der Waals surface area contributed by atoms with Crippen LogP contribution in [0.4, 0.5) is 5.69 Å². The second kappa shape index (κ2) is 5.54. The fourth-order valence-corrected chi connectivity index (χ4v) is 3.78. The summed E-state index contributed by atoms with van der Waals surface area (Å²) in [6.07, 6.45) is 7.39. The van der Waals surface area contributed by atoms with Gasteiger partial charge in [-0.25, -0.2) is 0 Å². The second-order valence-electron chi connectivity index (χ2n) is 6.31. The summed E-state index contributed by atoms with van der Waals surface area (Å²) in [4.78, 5) is 2.58. The molecule has 2 nitrogen and oxygen atoms in total. The van der Waals surface area contributed by atoms with Crippen LogP contribution in [-0.2, 0) is 12.8 Å². The van der Waals surface area contributed by atoms with Crippen molar-refractivity contribution in [2.75, 3.05) is 18.0 Å². The van der Waals surface area contributed by atoms with Crippen molar-refractivity contribution in [1.29, 1.82) is 0 Å². The van der Waals surface area contributed by atoms with E-state index in [-0.39, 0.29) is 6.10 Å². The van der Waals surface area contributed by atoms with Crippen molar-refractivity contribution in [2.45, 2.75) is 51.6 Å². The SMILES string of the molecule is CC(O)Cc1cccc2c1CCN2CC1CCCC1. The van der Waals surface area contributed by atoms with Crippen LogP contribution in [0.15, 0.2) is 18.2 Å². The number of nitrogens with zero attached hydrogens (tertiary/aromatic N) is 1. The van der Waals surface area contributed by atoms with Gasteiger partial charge in [0, 0.05) is 18.8 Å². The molecule has 0 bridgehead atoms. The quantitative estimate of drug-likeness (QED) is 0.898. The Morgan fingerprint density at radius 1 is 1.32 bits per heavy atom. The molecule has 104 valence electrons. The molecule has 1 heterocycles. The zero-order chi connectivity index (χ0) is 13.2. The molecule has 0 aromatic heterocycles. The van der Waals surface area contributed by atoms with Crippen LogP contribution in [0.5, 0.6) is 0 Å². The zero-order valence-electron chi connectivity index (χ0n) is 11.9. The lowest BCUT2D eigenvalue weighted by Crippen LogP contribution is -2.26. The average Bonchev–Trinajstić information content (AvgIpc) is 3.00. The van der Waals surface area contributed by atoms with Crippen LogP contribution in [-0.4, -0.2) is 24.3 Å². The molecule has 1 fully saturated rings. The van der Waals surface area contributed by atoms with Crippen LogP contribution >= 0.6 is 0 Å². The van der Waals surface area contributed by atoms with Crippen molar-refractivity contribution in [3.05, 3.63) is 29.3 Å². The van der Waals surface area contributed by atoms with Gasteiger partial charge in [-0.05, 0) is 55.7 Å². The van der Waals surface area contributed by atoms with Gasteiger partial charge in [-0.3, -0.25) is 0 Å². The molecule has 0 amide bonds. The van der Waals surface area contributed by atoms with E-state index in [1.807, 2.05) is 6.92 Å². The Kier molecular flexibility index (Phi) is 3.79. The molecule has 2 aliphatic rings. The molecular formula is C17H25NO. The van der Waals surface area contributed by atoms with E-state index in [1.54, 1.807) is 0 Å². The third-order valence-electron chi connectivity index (χ3n) is 4.69. The lowest BCUT2D eigenvalue weighted by Gasteiger charge is -2.23. The molecule has 1 aromatic carbocycles. The van der Waals surface area contributed by atoms with Gasteiger partial charge in [0.1, 0.15) is 0 Å². The first kappa shape index (κ1) is 13.0. The molecule has 1 aliphatic carbocycles. The number of benzene rings is 1. The molecule has 2 heteroatoms. The van der Waals surface area contributed by atoms with E-state index >= 15 is 0 Å². The number of hydrogen-bond donors (Lipinski definition) is 1. The first-order valence-electron chi connectivity index (χ1n) is 7.78. The normalized spacial score (nSPS) is 20.8. The van der Waals surface area contributed by atoms with E-state index in [0.717, 1.165) is 18.8 Å². The molecule has 1 unspecified atom stereocenters. The fourth-order valence-electron chi connectivity index (χ4n) is 3.78. The van der Waals surface area contributed by atoms with Crippen LogP contribution in [0, 0.1) is 5.92 Å². The zero-order valence-corrected chi connectivity index (χ0v) is 11.9. The third kappa shape index (κ3) is 2.79. The molecule has 1 atom stereocenters. The van der Waals surface area contributed by atoms with E-state index in [0.29, 0.717) is 0 Å². The van der Waals surface area contributed by atoms with E-state index in [9.17, 15) is 5.11 Å². The van der Waals surface area contributed by atoms with Crippen molar-refractivity contribution in [1.82, 2.24) is 0 Å². The smallest absolute Gasteiger partial charge is 0.0552 e. The number of aliphatic hydroxyl groups is 1. The molecule has 1 saturated carbocycles. The first-order chi connectivity index (χ1) is 9.24. The molecule has 1 N–H and O–H groups in total. The Bertz CT molecular complexity index is 435. The Balaban J connectivity index is 1.76. The fraction of sp³-hybridized carbons (Fsp3) is 0.647. The molecular weight excluding hydrogens is 234 g/mol. The first-order valence-corrected chi connectivity index (χ1v) is 7.78. The van der Waals surface area contributed by atoms with Crippen LogP contribution < -0.4 is 4.90 Å². The highest BCUT2D eigenvalue weighted by molar-refractivity contribution is 5.61. The summed E-state index contributed by atoms with van der Waals surface area (Å²) in [5, 5.41) is 9.62. The van der Waals surface area contributed by atoms with Crippen LogP contribution in [0.25, 0.3) is 0 Å². The molecule has 0 spiro atoms. The molecule has 3 rings (SSSR count). The molecule has 1 aromatic rings. The lowest BCUT2D eigenvalue weighted by atomic mass is 10.00. The van der Waals surface area contributed by atoms with Gasteiger partial charge >= 0.3 is 0 Å². The minimum absolute atomic E-state index is 0.240. The number of hydrogen-bond acceptors (Lipinski definition) is 2. The summed E-state index contributed by atoms with van der Waals surface area (Å²) in [7, 11) is 0. The Hall–Kier alpha value is -1.02. The predicted octanol–water partition coefficient (Wildman–Crippen LogP) is 3.16. The van der Waals surface area contributed by atoms with E-state index in [4.69, 9.17) is 0 Å². The number of anilines is 1. The van der Waals surface area contributed by atoms with Gasteiger partial charge in [0.15, 0.2) is 0 Å². The average molecular weight is 259 g/mol. The van der Waals surface area contributed by atoms with Gasteiger partial charge in [0.25, 0.3) is 0 Å². The summed E-state index contributed by atoms with van der Waals surface area (Å²) in [5.41, 5.74) is 4.27. The number of rotatable bonds is 4. The summed E-state index contributed by atoms with van der Waals surface area (Å²) in [5.74, 6) is 0.909. The maximum absolute atomic E-state index is 9.62. The van der Waals surface area contributed by atoms with Gasteiger partial charge in [-0.2, -0.15) is 0 Å². The second-order valence-corrected chi connectivity index (χ2v) is 6.31. The number of fused-ring (bicyclic) bond motifs is 1. The van der Waals surface area contributed by atoms with Gasteiger partial charge in [0.2, 0.25) is 0 Å². The van der Waals surface area contributed by atoms with Crippen molar-refractivity contribution >= 4 is 5.69 Å². The lowest BCUT2D eigenvalue weighted by molar-refractivity contribution is 0.195. The molecule has 0 saturated heterocycles. The summed E-state index contributed by atoms with van der Waals surface area (Å²) < 4.78 is 0. The largest absolute Gasteiger partial charge is 0.393 e.